The predicted octanol–water partition coefficient (Wildman–Crippen LogP) is 3.35. The van der Waals surface area contributed by atoms with Crippen molar-refractivity contribution in [2.75, 3.05) is 0 Å². The molecule has 4 heteroatoms. The Hall–Kier alpha value is -2.36. The van der Waals surface area contributed by atoms with Gasteiger partial charge in [-0.1, -0.05) is 30.4 Å². The Labute approximate surface area is 118 Å². The molecule has 0 radical (unpaired) electrons. The molecular weight excluding hydrogens is 256 g/mol. The Bertz CT molecular complexity index is 527. The number of carboxylic acid groups (broad SMARTS) is 1. The number of esters is 1. The molecule has 0 amide bonds. The van der Waals surface area contributed by atoms with Crippen molar-refractivity contribution in [3.63, 3.8) is 0 Å². The van der Waals surface area contributed by atoms with Gasteiger partial charge in [-0.2, -0.15) is 0 Å². The van der Waals surface area contributed by atoms with Gasteiger partial charge >= 0.3 is 11.9 Å². The molecule has 106 valence electrons. The van der Waals surface area contributed by atoms with Gasteiger partial charge in [0.2, 0.25) is 0 Å². The molecule has 0 saturated heterocycles. The summed E-state index contributed by atoms with van der Waals surface area (Å²) < 4.78 is 5.18. The summed E-state index contributed by atoms with van der Waals surface area (Å²) in [7, 11) is 0. The van der Waals surface area contributed by atoms with Gasteiger partial charge in [-0.05, 0) is 38.8 Å². The van der Waals surface area contributed by atoms with Crippen LogP contribution in [0.1, 0.15) is 26.7 Å². The van der Waals surface area contributed by atoms with Crippen molar-refractivity contribution in [2.45, 2.75) is 26.7 Å². The first-order valence-electron chi connectivity index (χ1n) is 6.34. The van der Waals surface area contributed by atoms with Crippen molar-refractivity contribution in [1.29, 1.82) is 0 Å². The Balaban J connectivity index is 2.47. The summed E-state index contributed by atoms with van der Waals surface area (Å²) in [4.78, 5) is 22.3. The quantitative estimate of drug-likeness (QED) is 0.374. The zero-order chi connectivity index (χ0) is 15.0. The van der Waals surface area contributed by atoms with E-state index in [1.54, 1.807) is 50.3 Å². The first-order chi connectivity index (χ1) is 9.50. The lowest BCUT2D eigenvalue weighted by Gasteiger charge is -2.03. The maximum atomic E-state index is 11.7. The molecule has 0 spiro atoms. The molecule has 1 aromatic carbocycles. The van der Waals surface area contributed by atoms with E-state index < -0.39 is 11.9 Å². The van der Waals surface area contributed by atoms with Crippen LogP contribution in [0.4, 0.5) is 0 Å². The summed E-state index contributed by atoms with van der Waals surface area (Å²) in [6.07, 6.45) is 4.56. The third-order valence-electron chi connectivity index (χ3n) is 2.68. The van der Waals surface area contributed by atoms with Gasteiger partial charge in [0.05, 0.1) is 0 Å². The van der Waals surface area contributed by atoms with E-state index in [4.69, 9.17) is 9.84 Å². The fraction of sp³-hybridized carbons (Fsp3) is 0.250. The number of aliphatic carboxylic acids is 1. The van der Waals surface area contributed by atoms with E-state index in [2.05, 4.69) is 0 Å². The minimum atomic E-state index is -0.922. The van der Waals surface area contributed by atoms with Crippen LogP contribution in [0.5, 0.6) is 5.75 Å². The third-order valence-corrected chi connectivity index (χ3v) is 2.68. The van der Waals surface area contributed by atoms with E-state index in [1.165, 1.54) is 0 Å². The molecule has 0 bridgehead atoms. The number of hydrogen-bond donors (Lipinski definition) is 1. The lowest BCUT2D eigenvalue weighted by Crippen LogP contribution is -2.09. The van der Waals surface area contributed by atoms with Gasteiger partial charge in [0, 0.05) is 11.1 Å². The zero-order valence-electron chi connectivity index (χ0n) is 11.6. The van der Waals surface area contributed by atoms with Gasteiger partial charge in [0.1, 0.15) is 5.75 Å². The van der Waals surface area contributed by atoms with Gasteiger partial charge in [0.25, 0.3) is 0 Å². The van der Waals surface area contributed by atoms with Crippen molar-refractivity contribution in [3.8, 4) is 5.75 Å². The summed E-state index contributed by atoms with van der Waals surface area (Å²) in [5.74, 6) is -0.809. The Morgan fingerprint density at radius 1 is 1.05 bits per heavy atom. The first kappa shape index (κ1) is 15.7. The minimum Gasteiger partial charge on any atom is -0.478 e. The standard InChI is InChI=1S/C16H18O4/c1-12(15(17)18)8-6-7-9-13(2)16(19)20-14-10-4-3-5-11-14/h3-5,8-11H,6-7H2,1-2H3,(H,17,18). The molecular formula is C16H18O4. The van der Waals surface area contributed by atoms with Crippen molar-refractivity contribution >= 4 is 11.9 Å². The second-order valence-electron chi connectivity index (χ2n) is 4.36. The zero-order valence-corrected chi connectivity index (χ0v) is 11.6. The molecule has 0 fully saturated rings. The Kier molecular flexibility index (Phi) is 6.23. The number of ether oxygens (including phenoxy) is 1. The average Bonchev–Trinajstić information content (AvgIpc) is 2.43. The summed E-state index contributed by atoms with van der Waals surface area (Å²) >= 11 is 0. The maximum absolute atomic E-state index is 11.7. The van der Waals surface area contributed by atoms with E-state index >= 15 is 0 Å². The fourth-order valence-corrected chi connectivity index (χ4v) is 1.45. The van der Waals surface area contributed by atoms with Crippen LogP contribution in [-0.4, -0.2) is 17.0 Å². The topological polar surface area (TPSA) is 63.6 Å². The van der Waals surface area contributed by atoms with E-state index in [0.29, 0.717) is 29.7 Å². The monoisotopic (exact) mass is 274 g/mol. The van der Waals surface area contributed by atoms with E-state index in [1.807, 2.05) is 6.07 Å². The van der Waals surface area contributed by atoms with Gasteiger partial charge in [-0.15, -0.1) is 0 Å². The summed E-state index contributed by atoms with van der Waals surface area (Å²) in [5.41, 5.74) is 0.818. The van der Waals surface area contributed by atoms with E-state index in [9.17, 15) is 9.59 Å². The summed E-state index contributed by atoms with van der Waals surface area (Å²) in [6, 6.07) is 8.85. The second kappa shape index (κ2) is 7.94. The lowest BCUT2D eigenvalue weighted by molar-refractivity contribution is -0.132. The Morgan fingerprint density at radius 3 is 2.15 bits per heavy atom. The van der Waals surface area contributed by atoms with Gasteiger partial charge < -0.3 is 9.84 Å². The number of allylic oxidation sites excluding steroid dienone is 2. The molecule has 0 aliphatic heterocycles. The van der Waals surface area contributed by atoms with Crippen LogP contribution in [0.25, 0.3) is 0 Å². The molecule has 1 N–H and O–H groups in total. The van der Waals surface area contributed by atoms with Gasteiger partial charge in [0.15, 0.2) is 0 Å². The number of rotatable bonds is 6. The van der Waals surface area contributed by atoms with E-state index in [0.717, 1.165) is 0 Å². The highest BCUT2D eigenvalue weighted by atomic mass is 16.5. The van der Waals surface area contributed by atoms with Crippen LogP contribution < -0.4 is 4.74 Å². The van der Waals surface area contributed by atoms with Crippen molar-refractivity contribution in [2.24, 2.45) is 0 Å². The SMILES string of the molecule is CC(=CCCC=C(C)C(=O)Oc1ccccc1)C(=O)O. The third kappa shape index (κ3) is 5.52. The van der Waals surface area contributed by atoms with Crippen molar-refractivity contribution < 1.29 is 19.4 Å². The van der Waals surface area contributed by atoms with Crippen LogP contribution >= 0.6 is 0 Å². The number of benzene rings is 1. The molecule has 1 rings (SSSR count). The normalized spacial score (nSPS) is 12.1. The first-order valence-corrected chi connectivity index (χ1v) is 6.34. The number of carbonyl (C=O) groups excluding carboxylic acids is 1. The average molecular weight is 274 g/mol. The van der Waals surface area contributed by atoms with Crippen LogP contribution in [-0.2, 0) is 9.59 Å². The van der Waals surface area contributed by atoms with Crippen LogP contribution in [0.3, 0.4) is 0 Å². The molecule has 0 atom stereocenters. The molecule has 1 aromatic rings. The molecule has 0 aliphatic rings. The number of carboxylic acids is 1. The van der Waals surface area contributed by atoms with Crippen molar-refractivity contribution in [1.82, 2.24) is 0 Å². The highest BCUT2D eigenvalue weighted by Gasteiger charge is 2.06. The minimum absolute atomic E-state index is 0.308. The molecule has 0 aliphatic carbocycles. The maximum Gasteiger partial charge on any atom is 0.338 e. The molecule has 0 unspecified atom stereocenters. The molecule has 0 saturated carbocycles. The smallest absolute Gasteiger partial charge is 0.338 e. The highest BCUT2D eigenvalue weighted by Crippen LogP contribution is 2.11. The molecule has 4 nitrogen and oxygen atoms in total. The van der Waals surface area contributed by atoms with Gasteiger partial charge in [-0.3, -0.25) is 0 Å². The molecule has 0 heterocycles. The largest absolute Gasteiger partial charge is 0.478 e. The summed E-state index contributed by atoms with van der Waals surface area (Å²) in [5, 5.41) is 8.69. The Morgan fingerprint density at radius 2 is 1.60 bits per heavy atom. The number of carbonyl (C=O) groups is 2. The van der Waals surface area contributed by atoms with Gasteiger partial charge in [-0.25, -0.2) is 9.59 Å². The highest BCUT2D eigenvalue weighted by molar-refractivity contribution is 5.89. The fourth-order valence-electron chi connectivity index (χ4n) is 1.45. The number of hydrogen-bond acceptors (Lipinski definition) is 3. The van der Waals surface area contributed by atoms with Crippen LogP contribution in [0, 0.1) is 0 Å². The second-order valence-corrected chi connectivity index (χ2v) is 4.36. The van der Waals surface area contributed by atoms with Crippen molar-refractivity contribution in [3.05, 3.63) is 53.6 Å². The lowest BCUT2D eigenvalue weighted by atomic mass is 10.1. The van der Waals surface area contributed by atoms with Crippen LogP contribution in [0.15, 0.2) is 53.6 Å². The number of unbranched alkanes of at least 4 members (excludes halogenated alkanes) is 1. The van der Waals surface area contributed by atoms with Crippen LogP contribution in [0.2, 0.25) is 0 Å². The molecule has 20 heavy (non-hydrogen) atoms. The predicted molar refractivity (Wildman–Crippen MR) is 76.5 cm³/mol. The number of para-hydroxylation sites is 1. The molecule has 0 aromatic heterocycles. The summed E-state index contributed by atoms with van der Waals surface area (Å²) in [6.45, 7) is 3.22. The van der Waals surface area contributed by atoms with E-state index in [-0.39, 0.29) is 0 Å².